The van der Waals surface area contributed by atoms with Crippen LogP contribution in [0.15, 0.2) is 72.2 Å². The SMILES string of the molecule is COc1ccc(-n2cc(-c3ccc(Cl)cc3)nc2NC(=O)CN(C(=O)c2cccs2)C(C)C)cc1. The maximum atomic E-state index is 13.1. The van der Waals surface area contributed by atoms with Gasteiger partial charge in [0.25, 0.3) is 5.91 Å². The van der Waals surface area contributed by atoms with Gasteiger partial charge < -0.3 is 9.64 Å². The lowest BCUT2D eigenvalue weighted by molar-refractivity contribution is -0.117. The zero-order valence-corrected chi connectivity index (χ0v) is 21.1. The number of rotatable bonds is 8. The van der Waals surface area contributed by atoms with Crippen LogP contribution in [0.3, 0.4) is 0 Å². The molecule has 180 valence electrons. The summed E-state index contributed by atoms with van der Waals surface area (Å²) in [5.41, 5.74) is 2.32. The summed E-state index contributed by atoms with van der Waals surface area (Å²) in [4.78, 5) is 32.8. The van der Waals surface area contributed by atoms with Gasteiger partial charge in [-0.15, -0.1) is 11.3 Å². The largest absolute Gasteiger partial charge is 0.497 e. The Hall–Kier alpha value is -3.62. The van der Waals surface area contributed by atoms with E-state index in [-0.39, 0.29) is 24.4 Å². The van der Waals surface area contributed by atoms with Crippen LogP contribution in [-0.2, 0) is 4.79 Å². The topological polar surface area (TPSA) is 76.5 Å². The van der Waals surface area contributed by atoms with Crippen LogP contribution in [0, 0.1) is 0 Å². The molecule has 0 aliphatic heterocycles. The first-order chi connectivity index (χ1) is 16.9. The van der Waals surface area contributed by atoms with Gasteiger partial charge in [0.1, 0.15) is 12.3 Å². The van der Waals surface area contributed by atoms with Gasteiger partial charge in [-0.25, -0.2) is 4.98 Å². The summed E-state index contributed by atoms with van der Waals surface area (Å²) in [5.74, 6) is 0.548. The third-order valence-electron chi connectivity index (χ3n) is 5.38. The molecule has 9 heteroatoms. The second kappa shape index (κ2) is 10.8. The van der Waals surface area contributed by atoms with Gasteiger partial charge >= 0.3 is 0 Å². The molecule has 0 saturated heterocycles. The summed E-state index contributed by atoms with van der Waals surface area (Å²) >= 11 is 7.39. The molecule has 0 radical (unpaired) electrons. The lowest BCUT2D eigenvalue weighted by Gasteiger charge is -2.25. The number of halogens is 1. The van der Waals surface area contributed by atoms with Crippen LogP contribution in [0.4, 0.5) is 5.95 Å². The van der Waals surface area contributed by atoms with E-state index >= 15 is 0 Å². The number of imidazole rings is 1. The van der Waals surface area contributed by atoms with Crippen molar-refractivity contribution >= 4 is 40.7 Å². The lowest BCUT2D eigenvalue weighted by Crippen LogP contribution is -2.42. The van der Waals surface area contributed by atoms with E-state index in [1.165, 1.54) is 11.3 Å². The second-order valence-corrected chi connectivity index (χ2v) is 9.46. The van der Waals surface area contributed by atoms with E-state index in [4.69, 9.17) is 16.3 Å². The van der Waals surface area contributed by atoms with Crippen LogP contribution in [0.1, 0.15) is 23.5 Å². The Morgan fingerprint density at radius 1 is 1.11 bits per heavy atom. The summed E-state index contributed by atoms with van der Waals surface area (Å²) in [6.45, 7) is 3.67. The van der Waals surface area contributed by atoms with Crippen LogP contribution < -0.4 is 10.1 Å². The van der Waals surface area contributed by atoms with Gasteiger partial charge in [-0.1, -0.05) is 29.8 Å². The van der Waals surface area contributed by atoms with Crippen molar-refractivity contribution in [3.8, 4) is 22.7 Å². The van der Waals surface area contributed by atoms with Crippen LogP contribution in [0.25, 0.3) is 16.9 Å². The molecular formula is C26H25ClN4O3S. The molecular weight excluding hydrogens is 484 g/mol. The maximum absolute atomic E-state index is 13.1. The number of nitrogens with one attached hydrogen (secondary N) is 1. The lowest BCUT2D eigenvalue weighted by atomic mass is 10.2. The molecule has 4 rings (SSSR count). The highest BCUT2D eigenvalue weighted by Gasteiger charge is 2.23. The van der Waals surface area contributed by atoms with Crippen LogP contribution in [-0.4, -0.2) is 46.0 Å². The molecule has 0 spiro atoms. The fourth-order valence-corrected chi connectivity index (χ4v) is 4.32. The predicted molar refractivity (Wildman–Crippen MR) is 140 cm³/mol. The normalized spacial score (nSPS) is 10.9. The number of nitrogens with zero attached hydrogens (tertiary/aromatic N) is 3. The third-order valence-corrected chi connectivity index (χ3v) is 6.49. The molecule has 0 saturated carbocycles. The Labute approximate surface area is 212 Å². The Balaban J connectivity index is 1.63. The zero-order chi connectivity index (χ0) is 24.9. The minimum atomic E-state index is -0.341. The predicted octanol–water partition coefficient (Wildman–Crippen LogP) is 5.75. The number of hydrogen-bond acceptors (Lipinski definition) is 5. The van der Waals surface area contributed by atoms with Crippen LogP contribution in [0.5, 0.6) is 5.75 Å². The number of hydrogen-bond donors (Lipinski definition) is 1. The standard InChI is InChI=1S/C26H25ClN4O3S/c1-17(2)30(25(33)23-5-4-14-35-23)16-24(32)29-26-28-22(18-6-8-19(27)9-7-18)15-31(26)20-10-12-21(34-3)13-11-20/h4-15,17H,16H2,1-3H3,(H,28,29,32). The average molecular weight is 509 g/mol. The molecule has 0 aliphatic carbocycles. The molecule has 0 atom stereocenters. The fourth-order valence-electron chi connectivity index (χ4n) is 3.52. The minimum Gasteiger partial charge on any atom is -0.497 e. The summed E-state index contributed by atoms with van der Waals surface area (Å²) in [6, 6.07) is 18.2. The van der Waals surface area contributed by atoms with E-state index in [0.29, 0.717) is 21.5 Å². The first kappa shape index (κ1) is 24.5. The smallest absolute Gasteiger partial charge is 0.264 e. The highest BCUT2D eigenvalue weighted by Crippen LogP contribution is 2.26. The number of carbonyl (C=O) groups excluding carboxylic acids is 2. The molecule has 7 nitrogen and oxygen atoms in total. The molecule has 4 aromatic rings. The van der Waals surface area contributed by atoms with Crippen LogP contribution >= 0.6 is 22.9 Å². The zero-order valence-electron chi connectivity index (χ0n) is 19.6. The molecule has 2 heterocycles. The number of thiophene rings is 1. The maximum Gasteiger partial charge on any atom is 0.264 e. The highest BCUT2D eigenvalue weighted by molar-refractivity contribution is 7.12. The number of methoxy groups -OCH3 is 1. The number of benzene rings is 2. The van der Waals surface area contributed by atoms with Crippen molar-refractivity contribution in [2.45, 2.75) is 19.9 Å². The quantitative estimate of drug-likeness (QED) is 0.328. The minimum absolute atomic E-state index is 0.0971. The molecule has 2 amide bonds. The monoisotopic (exact) mass is 508 g/mol. The van der Waals surface area contributed by atoms with E-state index in [2.05, 4.69) is 10.3 Å². The van der Waals surface area contributed by atoms with Gasteiger partial charge in [0.05, 0.1) is 17.7 Å². The van der Waals surface area contributed by atoms with Crippen LogP contribution in [0.2, 0.25) is 5.02 Å². The van der Waals surface area contributed by atoms with Gasteiger partial charge in [0.15, 0.2) is 0 Å². The molecule has 1 N–H and O–H groups in total. The van der Waals surface area contributed by atoms with Crippen molar-refractivity contribution < 1.29 is 14.3 Å². The number of amides is 2. The number of ether oxygens (including phenoxy) is 1. The first-order valence-electron chi connectivity index (χ1n) is 11.0. The van der Waals surface area contributed by atoms with Crippen molar-refractivity contribution in [1.29, 1.82) is 0 Å². The van der Waals surface area contributed by atoms with Crippen molar-refractivity contribution in [1.82, 2.24) is 14.5 Å². The Bertz CT molecular complexity index is 1300. The van der Waals surface area contributed by atoms with Crippen molar-refractivity contribution in [3.63, 3.8) is 0 Å². The summed E-state index contributed by atoms with van der Waals surface area (Å²) < 4.78 is 7.05. The van der Waals surface area contributed by atoms with E-state index in [1.54, 1.807) is 34.8 Å². The summed E-state index contributed by atoms with van der Waals surface area (Å²) in [5, 5.41) is 5.36. The molecule has 0 unspecified atom stereocenters. The van der Waals surface area contributed by atoms with Gasteiger partial charge in [-0.2, -0.15) is 0 Å². The number of carbonyl (C=O) groups is 2. The summed E-state index contributed by atoms with van der Waals surface area (Å²) in [6.07, 6.45) is 1.84. The van der Waals surface area contributed by atoms with E-state index < -0.39 is 0 Å². The summed E-state index contributed by atoms with van der Waals surface area (Å²) in [7, 11) is 1.61. The molecule has 2 aromatic carbocycles. The fraction of sp³-hybridized carbons (Fsp3) is 0.192. The molecule has 0 bridgehead atoms. The van der Waals surface area contributed by atoms with E-state index in [9.17, 15) is 9.59 Å². The third kappa shape index (κ3) is 5.72. The molecule has 0 aliphatic rings. The number of anilines is 1. The second-order valence-electron chi connectivity index (χ2n) is 8.08. The van der Waals surface area contributed by atoms with E-state index in [0.717, 1.165) is 17.0 Å². The van der Waals surface area contributed by atoms with Crippen molar-refractivity contribution in [2.24, 2.45) is 0 Å². The molecule has 0 fully saturated rings. The van der Waals surface area contributed by atoms with Crippen molar-refractivity contribution in [2.75, 3.05) is 19.0 Å². The average Bonchev–Trinajstić information content (AvgIpc) is 3.53. The van der Waals surface area contributed by atoms with Gasteiger partial charge in [0, 0.05) is 28.5 Å². The highest BCUT2D eigenvalue weighted by atomic mass is 35.5. The van der Waals surface area contributed by atoms with E-state index in [1.807, 2.05) is 67.9 Å². The van der Waals surface area contributed by atoms with Gasteiger partial charge in [0.2, 0.25) is 11.9 Å². The molecule has 35 heavy (non-hydrogen) atoms. The Kier molecular flexibility index (Phi) is 7.53. The first-order valence-corrected chi connectivity index (χ1v) is 12.3. The number of aromatic nitrogens is 2. The molecule has 2 aromatic heterocycles. The van der Waals surface area contributed by atoms with Gasteiger partial charge in [-0.3, -0.25) is 19.5 Å². The Morgan fingerprint density at radius 3 is 2.43 bits per heavy atom. The van der Waals surface area contributed by atoms with Crippen molar-refractivity contribution in [3.05, 3.63) is 82.1 Å². The van der Waals surface area contributed by atoms with Gasteiger partial charge in [-0.05, 0) is 61.7 Å². The Morgan fingerprint density at radius 2 is 1.83 bits per heavy atom.